The van der Waals surface area contributed by atoms with Gasteiger partial charge in [-0.3, -0.25) is 4.79 Å². The van der Waals surface area contributed by atoms with Crippen LogP contribution in [0, 0.1) is 0 Å². The molecule has 0 unspecified atom stereocenters. The fourth-order valence-electron chi connectivity index (χ4n) is 3.02. The number of nitrogens with one attached hydrogen (secondary N) is 1. The van der Waals surface area contributed by atoms with Gasteiger partial charge in [0, 0.05) is 17.8 Å². The van der Waals surface area contributed by atoms with E-state index in [4.69, 9.17) is 0 Å². The number of carbonyl (C=O) groups excluding carboxylic acids is 1. The van der Waals surface area contributed by atoms with E-state index in [1.54, 1.807) is 0 Å². The molecule has 2 atom stereocenters. The molecule has 1 saturated carbocycles. The number of amides is 1. The van der Waals surface area contributed by atoms with Crippen LogP contribution in [-0.4, -0.2) is 33.4 Å². The number of carbonyl (C=O) groups is 1. The average molecular weight is 361 g/mol. The number of rotatable bonds is 5. The molecule has 7 heteroatoms. The maximum Gasteiger partial charge on any atom is 0.240 e. The highest BCUT2D eigenvalue weighted by Gasteiger charge is 2.33. The minimum Gasteiger partial charge on any atom is -0.357 e. The van der Waals surface area contributed by atoms with Crippen LogP contribution in [0.15, 0.2) is 28.6 Å². The zero-order chi connectivity index (χ0) is 16.7. The van der Waals surface area contributed by atoms with Gasteiger partial charge in [0.15, 0.2) is 4.34 Å². The van der Waals surface area contributed by atoms with Crippen molar-refractivity contribution in [3.05, 3.63) is 29.8 Å². The molecule has 1 N–H and O–H groups in total. The summed E-state index contributed by atoms with van der Waals surface area (Å²) < 4.78 is 0.846. The topological polar surface area (TPSA) is 58.1 Å². The van der Waals surface area contributed by atoms with Crippen LogP contribution in [-0.2, 0) is 11.2 Å². The molecule has 1 aliphatic heterocycles. The van der Waals surface area contributed by atoms with Gasteiger partial charge in [-0.2, -0.15) is 0 Å². The highest BCUT2D eigenvalue weighted by atomic mass is 32.2. The van der Waals surface area contributed by atoms with Crippen molar-refractivity contribution in [1.29, 1.82) is 0 Å². The first-order valence-electron chi connectivity index (χ1n) is 8.29. The van der Waals surface area contributed by atoms with Crippen molar-refractivity contribution in [1.82, 2.24) is 10.2 Å². The first kappa shape index (κ1) is 15.9. The van der Waals surface area contributed by atoms with Crippen LogP contribution < -0.4 is 10.2 Å². The summed E-state index contributed by atoms with van der Waals surface area (Å²) in [4.78, 5) is 14.9. The quantitative estimate of drug-likeness (QED) is 0.826. The first-order chi connectivity index (χ1) is 11.6. The lowest BCUT2D eigenvalue weighted by atomic mass is 10.1. The highest BCUT2D eigenvalue weighted by Crippen LogP contribution is 2.36. The number of hydrogen-bond donors (Lipinski definition) is 1. The van der Waals surface area contributed by atoms with Crippen molar-refractivity contribution < 1.29 is 4.79 Å². The number of anilines is 2. The Morgan fingerprint density at radius 3 is 2.96 bits per heavy atom. The molecule has 2 heterocycles. The molecule has 0 saturated heterocycles. The van der Waals surface area contributed by atoms with E-state index in [0.29, 0.717) is 6.04 Å². The van der Waals surface area contributed by atoms with E-state index < -0.39 is 0 Å². The summed E-state index contributed by atoms with van der Waals surface area (Å²) >= 11 is 3.03. The lowest BCUT2D eigenvalue weighted by Crippen LogP contribution is -2.40. The maximum atomic E-state index is 13.0. The summed E-state index contributed by atoms with van der Waals surface area (Å²) in [5.74, 6) is 0.143. The Morgan fingerprint density at radius 2 is 2.17 bits per heavy atom. The van der Waals surface area contributed by atoms with Crippen molar-refractivity contribution in [3.8, 4) is 0 Å². The highest BCUT2D eigenvalue weighted by molar-refractivity contribution is 8.02. The van der Waals surface area contributed by atoms with Crippen LogP contribution in [0.3, 0.4) is 0 Å². The molecule has 1 aromatic heterocycles. The summed E-state index contributed by atoms with van der Waals surface area (Å²) in [7, 11) is 0. The number of benzene rings is 1. The molecular weight excluding hydrogens is 340 g/mol. The Kier molecular flexibility index (Phi) is 4.22. The van der Waals surface area contributed by atoms with Gasteiger partial charge in [-0.1, -0.05) is 41.3 Å². The van der Waals surface area contributed by atoms with Gasteiger partial charge in [-0.25, -0.2) is 0 Å². The van der Waals surface area contributed by atoms with Crippen molar-refractivity contribution in [3.63, 3.8) is 0 Å². The molecule has 1 amide bonds. The third-order valence-electron chi connectivity index (χ3n) is 4.38. The minimum absolute atomic E-state index is 0.143. The largest absolute Gasteiger partial charge is 0.357 e. The summed E-state index contributed by atoms with van der Waals surface area (Å²) in [5.41, 5.74) is 2.30. The van der Waals surface area contributed by atoms with E-state index in [2.05, 4.69) is 28.5 Å². The van der Waals surface area contributed by atoms with Crippen molar-refractivity contribution >= 4 is 39.8 Å². The molecule has 5 nitrogen and oxygen atoms in total. The summed E-state index contributed by atoms with van der Waals surface area (Å²) in [6, 6.07) is 8.95. The SMILES string of the molecule is C[C@@H]1Cc2ccccc2N1C(=O)[C@@H](C)Sc1nnc(NC2CC2)s1. The Morgan fingerprint density at radius 1 is 1.38 bits per heavy atom. The molecular formula is C17H20N4OS2. The van der Waals surface area contributed by atoms with E-state index in [-0.39, 0.29) is 17.2 Å². The summed E-state index contributed by atoms with van der Waals surface area (Å²) in [6.45, 7) is 4.06. The lowest BCUT2D eigenvalue weighted by molar-refractivity contribution is -0.118. The maximum absolute atomic E-state index is 13.0. The Balaban J connectivity index is 1.45. The summed E-state index contributed by atoms with van der Waals surface area (Å²) in [5, 5.41) is 12.4. The molecule has 0 bridgehead atoms. The standard InChI is InChI=1S/C17H20N4OS2/c1-10-9-12-5-3-4-6-14(12)21(10)15(22)11(2)23-17-20-19-16(24-17)18-13-7-8-13/h3-6,10-11,13H,7-9H2,1-2H3,(H,18,19)/t10-,11-/m1/s1. The Hall–Kier alpha value is -1.60. The van der Waals surface area contributed by atoms with E-state index in [0.717, 1.165) is 21.6 Å². The monoisotopic (exact) mass is 360 g/mol. The number of aromatic nitrogens is 2. The Bertz CT molecular complexity index is 759. The van der Waals surface area contributed by atoms with Crippen LogP contribution in [0.5, 0.6) is 0 Å². The number of hydrogen-bond acceptors (Lipinski definition) is 6. The minimum atomic E-state index is -0.180. The molecule has 24 heavy (non-hydrogen) atoms. The predicted octanol–water partition coefficient (Wildman–Crippen LogP) is 3.57. The molecule has 0 radical (unpaired) electrons. The van der Waals surface area contributed by atoms with Crippen LogP contribution in [0.25, 0.3) is 0 Å². The summed E-state index contributed by atoms with van der Waals surface area (Å²) in [6.07, 6.45) is 3.35. The van der Waals surface area contributed by atoms with Gasteiger partial charge in [0.2, 0.25) is 11.0 Å². The number of nitrogens with zero attached hydrogens (tertiary/aromatic N) is 3. The molecule has 126 valence electrons. The molecule has 4 rings (SSSR count). The number of thioether (sulfide) groups is 1. The molecule has 0 spiro atoms. The van der Waals surface area contributed by atoms with E-state index >= 15 is 0 Å². The van der Waals surface area contributed by atoms with Gasteiger partial charge < -0.3 is 10.2 Å². The van der Waals surface area contributed by atoms with Crippen LogP contribution in [0.2, 0.25) is 0 Å². The van der Waals surface area contributed by atoms with Gasteiger partial charge in [0.1, 0.15) is 0 Å². The predicted molar refractivity (Wildman–Crippen MR) is 99.0 cm³/mol. The normalized spacial score (nSPS) is 20.8. The van der Waals surface area contributed by atoms with E-state index in [1.165, 1.54) is 41.5 Å². The van der Waals surface area contributed by atoms with Crippen molar-refractivity contribution in [2.24, 2.45) is 0 Å². The van der Waals surface area contributed by atoms with Gasteiger partial charge >= 0.3 is 0 Å². The smallest absolute Gasteiger partial charge is 0.240 e. The molecule has 1 fully saturated rings. The average Bonchev–Trinajstić information content (AvgIpc) is 3.16. The number of fused-ring (bicyclic) bond motifs is 1. The van der Waals surface area contributed by atoms with Gasteiger partial charge in [0.05, 0.1) is 5.25 Å². The van der Waals surface area contributed by atoms with Crippen LogP contribution in [0.4, 0.5) is 10.8 Å². The fraction of sp³-hybridized carbons (Fsp3) is 0.471. The van der Waals surface area contributed by atoms with Gasteiger partial charge in [0.25, 0.3) is 0 Å². The van der Waals surface area contributed by atoms with Crippen molar-refractivity contribution in [2.45, 2.75) is 54.8 Å². The molecule has 2 aromatic rings. The van der Waals surface area contributed by atoms with E-state index in [9.17, 15) is 4.79 Å². The fourth-order valence-corrected chi connectivity index (χ4v) is 5.04. The molecule has 1 aliphatic carbocycles. The van der Waals surface area contributed by atoms with Crippen molar-refractivity contribution in [2.75, 3.05) is 10.2 Å². The second kappa shape index (κ2) is 6.37. The third kappa shape index (κ3) is 3.15. The third-order valence-corrected chi connectivity index (χ3v) is 6.41. The molecule has 1 aromatic carbocycles. The zero-order valence-corrected chi connectivity index (χ0v) is 15.4. The van der Waals surface area contributed by atoms with Crippen LogP contribution in [0.1, 0.15) is 32.3 Å². The molecule has 2 aliphatic rings. The number of para-hydroxylation sites is 1. The first-order valence-corrected chi connectivity index (χ1v) is 9.99. The zero-order valence-electron chi connectivity index (χ0n) is 13.7. The second-order valence-corrected chi connectivity index (χ2v) is 9.01. The lowest BCUT2D eigenvalue weighted by Gasteiger charge is -2.25. The second-order valence-electron chi connectivity index (χ2n) is 6.44. The van der Waals surface area contributed by atoms with Crippen LogP contribution >= 0.6 is 23.1 Å². The Labute approximate surface area is 149 Å². The van der Waals surface area contributed by atoms with Gasteiger partial charge in [-0.15, -0.1) is 10.2 Å². The van der Waals surface area contributed by atoms with E-state index in [1.807, 2.05) is 30.0 Å². The van der Waals surface area contributed by atoms with Gasteiger partial charge in [-0.05, 0) is 44.7 Å².